The SMILES string of the molecule is c1ccc(-n2c3ccccc3c3cc(-c4cccc(-c5c6ccccc6c(-c6cc7c8ccccc8oc7c7ccccc67)c6ccccc56)c4)ccc32)cc1. The van der Waals surface area contributed by atoms with Crippen LogP contribution >= 0.6 is 0 Å². The van der Waals surface area contributed by atoms with Crippen LogP contribution in [-0.4, -0.2) is 4.57 Å². The minimum absolute atomic E-state index is 0.913. The second kappa shape index (κ2) is 12.0. The smallest absolute Gasteiger partial charge is 0.143 e. The molecule has 12 rings (SSSR count). The van der Waals surface area contributed by atoms with Crippen LogP contribution in [0.3, 0.4) is 0 Å². The maximum absolute atomic E-state index is 6.52. The average molecular weight is 712 g/mol. The minimum Gasteiger partial charge on any atom is -0.455 e. The van der Waals surface area contributed by atoms with Crippen molar-refractivity contribution in [2.75, 3.05) is 0 Å². The van der Waals surface area contributed by atoms with Gasteiger partial charge in [0.25, 0.3) is 0 Å². The first kappa shape index (κ1) is 31.0. The van der Waals surface area contributed by atoms with E-state index in [-0.39, 0.29) is 0 Å². The van der Waals surface area contributed by atoms with Gasteiger partial charge in [-0.05, 0) is 109 Å². The highest BCUT2D eigenvalue weighted by atomic mass is 16.3. The molecule has 0 unspecified atom stereocenters. The van der Waals surface area contributed by atoms with Gasteiger partial charge in [-0.3, -0.25) is 0 Å². The number of rotatable bonds is 4. The molecule has 0 radical (unpaired) electrons. The van der Waals surface area contributed by atoms with Gasteiger partial charge in [0.1, 0.15) is 11.2 Å². The van der Waals surface area contributed by atoms with E-state index in [1.165, 1.54) is 87.8 Å². The van der Waals surface area contributed by atoms with Gasteiger partial charge in [0.05, 0.1) is 11.0 Å². The number of hydrogen-bond acceptors (Lipinski definition) is 1. The van der Waals surface area contributed by atoms with Gasteiger partial charge in [-0.25, -0.2) is 0 Å². The standard InChI is InChI=1S/C54H33NO/c1-2-17-37(18-3-1)55-49-27-12-10-20-39(49)46-32-35(29-30-50(46)55)34-15-14-16-36(31-34)52-41-22-5-7-24-43(41)53(44-25-8-6-23-42(44)52)47-33-48-40-21-11-13-28-51(40)56-54(48)45-26-9-4-19-38(45)47/h1-33H. The third-order valence-corrected chi connectivity index (χ3v) is 11.8. The van der Waals surface area contributed by atoms with E-state index in [1.807, 2.05) is 6.07 Å². The molecule has 10 aromatic carbocycles. The van der Waals surface area contributed by atoms with E-state index in [9.17, 15) is 0 Å². The van der Waals surface area contributed by atoms with E-state index in [2.05, 4.69) is 199 Å². The highest BCUT2D eigenvalue weighted by molar-refractivity contribution is 6.27. The molecule has 56 heavy (non-hydrogen) atoms. The number of para-hydroxylation sites is 3. The van der Waals surface area contributed by atoms with Crippen molar-refractivity contribution in [2.24, 2.45) is 0 Å². The number of furan rings is 1. The molecule has 0 fully saturated rings. The van der Waals surface area contributed by atoms with Crippen molar-refractivity contribution in [3.8, 4) is 39.1 Å². The van der Waals surface area contributed by atoms with Crippen LogP contribution in [-0.2, 0) is 0 Å². The van der Waals surface area contributed by atoms with Gasteiger partial charge in [-0.15, -0.1) is 0 Å². The number of nitrogens with zero attached hydrogens (tertiary/aromatic N) is 1. The Kier molecular flexibility index (Phi) is 6.66. The molecule has 0 aliphatic carbocycles. The van der Waals surface area contributed by atoms with E-state index in [0.717, 1.165) is 27.3 Å². The first-order valence-corrected chi connectivity index (χ1v) is 19.3. The van der Waals surface area contributed by atoms with Crippen molar-refractivity contribution in [2.45, 2.75) is 0 Å². The zero-order valence-corrected chi connectivity index (χ0v) is 30.4. The van der Waals surface area contributed by atoms with Crippen molar-refractivity contribution in [3.05, 3.63) is 200 Å². The summed E-state index contributed by atoms with van der Waals surface area (Å²) in [6.45, 7) is 0. The third-order valence-electron chi connectivity index (χ3n) is 11.8. The predicted octanol–water partition coefficient (Wildman–Crippen LogP) is 15.1. The van der Waals surface area contributed by atoms with E-state index < -0.39 is 0 Å². The maximum Gasteiger partial charge on any atom is 0.143 e. The molecule has 0 aliphatic heterocycles. The Morgan fingerprint density at radius 3 is 1.61 bits per heavy atom. The highest BCUT2D eigenvalue weighted by Crippen LogP contribution is 2.48. The van der Waals surface area contributed by atoms with Crippen LogP contribution in [0.5, 0.6) is 0 Å². The zero-order valence-electron chi connectivity index (χ0n) is 30.4. The molecule has 0 saturated heterocycles. The summed E-state index contributed by atoms with van der Waals surface area (Å²) in [7, 11) is 0. The molecule has 0 N–H and O–H groups in total. The Balaban J connectivity index is 1.09. The van der Waals surface area contributed by atoms with Gasteiger partial charge >= 0.3 is 0 Å². The molecular formula is C54H33NO. The first-order valence-electron chi connectivity index (χ1n) is 19.3. The van der Waals surface area contributed by atoms with Gasteiger partial charge in [0, 0.05) is 32.6 Å². The van der Waals surface area contributed by atoms with Crippen molar-refractivity contribution >= 4 is 76.1 Å². The van der Waals surface area contributed by atoms with E-state index in [1.54, 1.807) is 0 Å². The number of hydrogen-bond donors (Lipinski definition) is 0. The molecule has 0 saturated carbocycles. The monoisotopic (exact) mass is 711 g/mol. The second-order valence-corrected chi connectivity index (χ2v) is 14.8. The summed E-state index contributed by atoms with van der Waals surface area (Å²) in [6.07, 6.45) is 0. The van der Waals surface area contributed by atoms with Gasteiger partial charge in [-0.2, -0.15) is 0 Å². The molecule has 260 valence electrons. The van der Waals surface area contributed by atoms with Crippen LogP contribution in [0, 0.1) is 0 Å². The molecule has 12 aromatic rings. The number of fused-ring (bicyclic) bond motifs is 10. The van der Waals surface area contributed by atoms with Crippen molar-refractivity contribution in [1.29, 1.82) is 0 Å². The molecule has 0 spiro atoms. The predicted molar refractivity (Wildman–Crippen MR) is 237 cm³/mol. The Bertz CT molecular complexity index is 3470. The van der Waals surface area contributed by atoms with E-state index in [4.69, 9.17) is 4.42 Å². The lowest BCUT2D eigenvalue weighted by Gasteiger charge is -2.19. The quantitative estimate of drug-likeness (QED) is 0.166. The number of benzene rings is 10. The fourth-order valence-electron chi connectivity index (χ4n) is 9.35. The molecule has 2 aromatic heterocycles. The van der Waals surface area contributed by atoms with Crippen LogP contribution in [0.25, 0.3) is 115 Å². The van der Waals surface area contributed by atoms with Crippen LogP contribution in [0.1, 0.15) is 0 Å². The Morgan fingerprint density at radius 2 is 0.857 bits per heavy atom. The molecule has 0 bridgehead atoms. The second-order valence-electron chi connectivity index (χ2n) is 14.8. The summed E-state index contributed by atoms with van der Waals surface area (Å²) in [6, 6.07) is 72.8. The summed E-state index contributed by atoms with van der Waals surface area (Å²) >= 11 is 0. The van der Waals surface area contributed by atoms with Gasteiger partial charge in [-0.1, -0.05) is 152 Å². The van der Waals surface area contributed by atoms with Crippen LogP contribution in [0.4, 0.5) is 0 Å². The Morgan fingerprint density at radius 1 is 0.304 bits per heavy atom. The van der Waals surface area contributed by atoms with Crippen LogP contribution in [0.15, 0.2) is 205 Å². The van der Waals surface area contributed by atoms with Crippen molar-refractivity contribution in [3.63, 3.8) is 0 Å². The topological polar surface area (TPSA) is 18.1 Å². The maximum atomic E-state index is 6.52. The summed E-state index contributed by atoms with van der Waals surface area (Å²) in [5.74, 6) is 0. The lowest BCUT2D eigenvalue weighted by Crippen LogP contribution is -1.93. The van der Waals surface area contributed by atoms with Crippen molar-refractivity contribution in [1.82, 2.24) is 4.57 Å². The van der Waals surface area contributed by atoms with E-state index in [0.29, 0.717) is 0 Å². The largest absolute Gasteiger partial charge is 0.455 e. The molecule has 0 atom stereocenters. The van der Waals surface area contributed by atoms with E-state index >= 15 is 0 Å². The van der Waals surface area contributed by atoms with Crippen molar-refractivity contribution < 1.29 is 4.42 Å². The summed E-state index contributed by atoms with van der Waals surface area (Å²) in [4.78, 5) is 0. The minimum atomic E-state index is 0.913. The molecule has 0 amide bonds. The summed E-state index contributed by atoms with van der Waals surface area (Å²) < 4.78 is 8.90. The van der Waals surface area contributed by atoms with Crippen LogP contribution in [0.2, 0.25) is 0 Å². The lowest BCUT2D eigenvalue weighted by molar-refractivity contribution is 0.672. The average Bonchev–Trinajstić information content (AvgIpc) is 3.81. The zero-order chi connectivity index (χ0) is 36.7. The molecule has 2 nitrogen and oxygen atoms in total. The van der Waals surface area contributed by atoms with Gasteiger partial charge in [0.15, 0.2) is 0 Å². The van der Waals surface area contributed by atoms with Crippen LogP contribution < -0.4 is 0 Å². The fourth-order valence-corrected chi connectivity index (χ4v) is 9.35. The summed E-state index contributed by atoms with van der Waals surface area (Å²) in [5, 5.41) is 12.0. The molecule has 2 heteroatoms. The fraction of sp³-hybridized carbons (Fsp3) is 0. The summed E-state index contributed by atoms with van der Waals surface area (Å²) in [5.41, 5.74) is 12.8. The molecular weight excluding hydrogens is 679 g/mol. The molecule has 2 heterocycles. The van der Waals surface area contributed by atoms with Gasteiger partial charge < -0.3 is 8.98 Å². The highest BCUT2D eigenvalue weighted by Gasteiger charge is 2.21. The number of aromatic nitrogens is 1. The lowest BCUT2D eigenvalue weighted by atomic mass is 9.84. The first-order chi connectivity index (χ1) is 27.8. The molecule has 0 aliphatic rings. The Hall–Kier alpha value is -7.42. The van der Waals surface area contributed by atoms with Gasteiger partial charge in [0.2, 0.25) is 0 Å². The normalized spacial score (nSPS) is 11.9. The third kappa shape index (κ3) is 4.50. The Labute approximate surface area is 323 Å².